The van der Waals surface area contributed by atoms with Crippen molar-refractivity contribution in [3.05, 3.63) is 24.0 Å². The molecular formula is C19H24F3N7O2. The smallest absolute Gasteiger partial charge is 0.387 e. The number of nitrogens with one attached hydrogen (secondary N) is 2. The van der Waals surface area contributed by atoms with Gasteiger partial charge in [-0.1, -0.05) is 12.0 Å². The number of nitrogens with zero attached hydrogens (tertiary/aromatic N) is 5. The highest BCUT2D eigenvalue weighted by Gasteiger charge is 2.48. The highest BCUT2D eigenvalue weighted by atomic mass is 19.3. The van der Waals surface area contributed by atoms with Gasteiger partial charge >= 0.3 is 12.6 Å². The predicted octanol–water partition coefficient (Wildman–Crippen LogP) is 2.92. The van der Waals surface area contributed by atoms with Crippen LogP contribution in [-0.4, -0.2) is 57.9 Å². The molecule has 2 aliphatic heterocycles. The third kappa shape index (κ3) is 4.10. The fourth-order valence-corrected chi connectivity index (χ4v) is 4.79. The lowest BCUT2D eigenvalue weighted by Crippen LogP contribution is -2.59. The largest absolute Gasteiger partial charge is 0.435 e. The zero-order valence-electron chi connectivity index (χ0n) is 17.1. The summed E-state index contributed by atoms with van der Waals surface area (Å²) in [6, 6.07) is 2.96. The minimum Gasteiger partial charge on any atom is -0.435 e. The molecule has 2 fully saturated rings. The number of piperidine rings is 1. The number of rotatable bonds is 6. The van der Waals surface area contributed by atoms with Crippen LogP contribution < -0.4 is 19.9 Å². The van der Waals surface area contributed by atoms with Gasteiger partial charge in [0.25, 0.3) is 5.95 Å². The maximum absolute atomic E-state index is 14.6. The van der Waals surface area contributed by atoms with Gasteiger partial charge < -0.3 is 15.0 Å². The monoisotopic (exact) mass is 439 g/mol. The van der Waals surface area contributed by atoms with Crippen LogP contribution in [-0.2, 0) is 0 Å². The quantitative estimate of drug-likeness (QED) is 0.718. The molecule has 31 heavy (non-hydrogen) atoms. The van der Waals surface area contributed by atoms with Gasteiger partial charge in [0, 0.05) is 18.7 Å². The molecule has 2 bridgehead atoms. The van der Waals surface area contributed by atoms with E-state index >= 15 is 0 Å². The minimum atomic E-state index is -3.05. The minimum absolute atomic E-state index is 0.00752. The number of tetrazole rings is 1. The Bertz CT molecular complexity index is 914. The first-order valence-corrected chi connectivity index (χ1v) is 10.2. The summed E-state index contributed by atoms with van der Waals surface area (Å²) in [6.45, 7) is 0.976. The fraction of sp³-hybridized carbons (Fsp3) is 0.579. The van der Waals surface area contributed by atoms with Crippen molar-refractivity contribution < 1.29 is 22.7 Å². The Morgan fingerprint density at radius 1 is 1.39 bits per heavy atom. The van der Waals surface area contributed by atoms with Crippen molar-refractivity contribution in [2.75, 3.05) is 16.3 Å². The second-order valence-corrected chi connectivity index (χ2v) is 7.84. The predicted molar refractivity (Wildman–Crippen MR) is 106 cm³/mol. The third-order valence-electron chi connectivity index (χ3n) is 6.09. The number of H-pyrrole nitrogens is 1. The van der Waals surface area contributed by atoms with Crippen LogP contribution in [0.2, 0.25) is 0 Å². The van der Waals surface area contributed by atoms with E-state index in [-0.39, 0.29) is 36.1 Å². The molecule has 12 heteroatoms. The summed E-state index contributed by atoms with van der Waals surface area (Å²) in [5.74, 6) is -0.325. The van der Waals surface area contributed by atoms with E-state index in [2.05, 4.69) is 42.5 Å². The summed E-state index contributed by atoms with van der Waals surface area (Å²) < 4.78 is 43.5. The van der Waals surface area contributed by atoms with E-state index in [9.17, 15) is 18.0 Å². The Morgan fingerprint density at radius 2 is 2.16 bits per heavy atom. The van der Waals surface area contributed by atoms with E-state index in [1.807, 2.05) is 0 Å². The maximum Gasteiger partial charge on any atom is 0.387 e. The Kier molecular flexibility index (Phi) is 5.88. The average Bonchev–Trinajstić information content (AvgIpc) is 3.35. The second-order valence-electron chi connectivity index (χ2n) is 7.84. The van der Waals surface area contributed by atoms with Crippen LogP contribution in [0.15, 0.2) is 18.2 Å². The van der Waals surface area contributed by atoms with Crippen molar-refractivity contribution in [2.24, 2.45) is 5.92 Å². The number of hydrogen-bond acceptors (Lipinski definition) is 6. The Labute approximate surface area is 176 Å². The van der Waals surface area contributed by atoms with Gasteiger partial charge in [-0.25, -0.2) is 9.18 Å². The molecule has 9 nitrogen and oxygen atoms in total. The van der Waals surface area contributed by atoms with Gasteiger partial charge in [-0.2, -0.15) is 14.0 Å². The molecule has 3 heterocycles. The number of aromatic nitrogens is 4. The van der Waals surface area contributed by atoms with Crippen molar-refractivity contribution >= 4 is 17.7 Å². The van der Waals surface area contributed by atoms with Gasteiger partial charge in [-0.05, 0) is 49.5 Å². The van der Waals surface area contributed by atoms with Crippen LogP contribution in [0.3, 0.4) is 0 Å². The number of carbonyl (C=O) groups is 1. The number of hydrogen-bond donors (Lipinski definition) is 2. The highest BCUT2D eigenvalue weighted by Crippen LogP contribution is 2.41. The van der Waals surface area contributed by atoms with Gasteiger partial charge in [0.1, 0.15) is 5.75 Å². The fourth-order valence-electron chi connectivity index (χ4n) is 4.79. The van der Waals surface area contributed by atoms with Crippen LogP contribution in [0.5, 0.6) is 5.75 Å². The third-order valence-corrected chi connectivity index (χ3v) is 6.09. The number of alkyl halides is 2. The standard InChI is InChI=1S/C19H24F3N7O2/c1-3-28(15-5-4-11(9-12(15)20)31-17(21)22)19(30)23-13-8-10(2)14-6-7-16(13)29(14)18-24-26-27-25-18/h4-5,9-10,13-14,16-17H,3,6-8H2,1-2H3,(H,23,30)(H,24,25,26,27)/t10-,13-,14+,16-/m1/s1. The number of carbonyl (C=O) groups excluding carboxylic acids is 1. The SMILES string of the molecule is CCN(C(=O)N[C@@H]1C[C@@H](C)[C@@H]2CC[C@H]1N2c1nn[nH]n1)c1ccc(OC(F)F)cc1F. The Hall–Kier alpha value is -3.05. The summed E-state index contributed by atoms with van der Waals surface area (Å²) in [4.78, 5) is 16.4. The zero-order chi connectivity index (χ0) is 22.1. The normalized spacial score (nSPS) is 25.0. The molecule has 2 aliphatic rings. The summed E-state index contributed by atoms with van der Waals surface area (Å²) in [5.41, 5.74) is -0.00945. The van der Waals surface area contributed by atoms with E-state index < -0.39 is 18.5 Å². The van der Waals surface area contributed by atoms with E-state index in [1.165, 1.54) is 17.0 Å². The maximum atomic E-state index is 14.6. The first-order chi connectivity index (χ1) is 14.9. The second kappa shape index (κ2) is 8.60. The number of benzene rings is 1. The highest BCUT2D eigenvalue weighted by molar-refractivity contribution is 5.92. The first kappa shape index (κ1) is 21.2. The molecule has 2 amide bonds. The van der Waals surface area contributed by atoms with E-state index in [1.54, 1.807) is 6.92 Å². The van der Waals surface area contributed by atoms with Crippen LogP contribution >= 0.6 is 0 Å². The van der Waals surface area contributed by atoms with Crippen molar-refractivity contribution in [3.63, 3.8) is 0 Å². The molecule has 0 aliphatic carbocycles. The average molecular weight is 439 g/mol. The zero-order valence-corrected chi connectivity index (χ0v) is 17.1. The molecule has 2 N–H and O–H groups in total. The van der Waals surface area contributed by atoms with E-state index in [4.69, 9.17) is 0 Å². The summed E-state index contributed by atoms with van der Waals surface area (Å²) >= 11 is 0. The molecular weight excluding hydrogens is 415 g/mol. The Balaban J connectivity index is 1.51. The van der Waals surface area contributed by atoms with Crippen LogP contribution in [0.25, 0.3) is 0 Å². The molecule has 4 atom stereocenters. The molecule has 0 unspecified atom stereocenters. The van der Waals surface area contributed by atoms with Gasteiger partial charge in [-0.3, -0.25) is 4.90 Å². The summed E-state index contributed by atoms with van der Waals surface area (Å²) in [7, 11) is 0. The number of urea groups is 1. The number of aromatic amines is 1. The molecule has 2 saturated heterocycles. The number of amides is 2. The van der Waals surface area contributed by atoms with Gasteiger partial charge in [-0.15, -0.1) is 5.10 Å². The van der Waals surface area contributed by atoms with Gasteiger partial charge in [0.15, 0.2) is 5.82 Å². The molecule has 4 rings (SSSR count). The van der Waals surface area contributed by atoms with E-state index in [0.29, 0.717) is 11.9 Å². The number of fused-ring (bicyclic) bond motifs is 2. The van der Waals surface area contributed by atoms with Gasteiger partial charge in [0.05, 0.1) is 17.8 Å². The van der Waals surface area contributed by atoms with Crippen molar-refractivity contribution in [1.82, 2.24) is 25.9 Å². The lowest BCUT2D eigenvalue weighted by molar-refractivity contribution is -0.0499. The molecule has 0 spiro atoms. The first-order valence-electron chi connectivity index (χ1n) is 10.2. The molecule has 168 valence electrons. The lowest BCUT2D eigenvalue weighted by atomic mass is 9.88. The number of anilines is 2. The van der Waals surface area contributed by atoms with Crippen molar-refractivity contribution in [3.8, 4) is 5.75 Å². The molecule has 1 aromatic heterocycles. The van der Waals surface area contributed by atoms with Crippen LogP contribution in [0, 0.1) is 11.7 Å². The number of halogens is 3. The van der Waals surface area contributed by atoms with Crippen LogP contribution in [0.4, 0.5) is 29.6 Å². The lowest BCUT2D eigenvalue weighted by Gasteiger charge is -2.43. The molecule has 1 aromatic carbocycles. The van der Waals surface area contributed by atoms with Gasteiger partial charge in [0.2, 0.25) is 0 Å². The molecule has 0 saturated carbocycles. The topological polar surface area (TPSA) is 99.3 Å². The number of ether oxygens (including phenoxy) is 1. The Morgan fingerprint density at radius 3 is 2.81 bits per heavy atom. The molecule has 0 radical (unpaired) electrons. The summed E-state index contributed by atoms with van der Waals surface area (Å²) in [6.07, 6.45) is 2.61. The summed E-state index contributed by atoms with van der Waals surface area (Å²) in [5, 5.41) is 17.4. The van der Waals surface area contributed by atoms with Crippen LogP contribution in [0.1, 0.15) is 33.1 Å². The van der Waals surface area contributed by atoms with Crippen molar-refractivity contribution in [1.29, 1.82) is 0 Å². The van der Waals surface area contributed by atoms with Crippen molar-refractivity contribution in [2.45, 2.75) is 57.8 Å². The molecule has 2 aromatic rings. The van der Waals surface area contributed by atoms with E-state index in [0.717, 1.165) is 25.3 Å².